The van der Waals surface area contributed by atoms with Crippen LogP contribution in [0.4, 0.5) is 5.69 Å². The van der Waals surface area contributed by atoms with Gasteiger partial charge in [-0.05, 0) is 42.9 Å². The molecule has 2 aliphatic carbocycles. The van der Waals surface area contributed by atoms with E-state index in [9.17, 15) is 4.79 Å². The van der Waals surface area contributed by atoms with Gasteiger partial charge in [0.05, 0.1) is 11.3 Å². The summed E-state index contributed by atoms with van der Waals surface area (Å²) in [7, 11) is 1.84. The maximum absolute atomic E-state index is 12.8. The fourth-order valence-corrected chi connectivity index (χ4v) is 5.84. The highest BCUT2D eigenvalue weighted by molar-refractivity contribution is 6.05. The minimum atomic E-state index is -0.0654. The molecule has 5 nitrogen and oxygen atoms in total. The van der Waals surface area contributed by atoms with Crippen LogP contribution in [0.1, 0.15) is 65.7 Å². The molecule has 2 aliphatic heterocycles. The van der Waals surface area contributed by atoms with Crippen molar-refractivity contribution >= 4 is 11.6 Å². The van der Waals surface area contributed by atoms with Crippen molar-refractivity contribution in [1.82, 2.24) is 15.1 Å². The molecule has 136 valence electrons. The highest BCUT2D eigenvalue weighted by atomic mass is 16.1. The van der Waals surface area contributed by atoms with E-state index in [1.54, 1.807) is 10.9 Å². The first-order valence-corrected chi connectivity index (χ1v) is 9.64. The zero-order chi connectivity index (χ0) is 18.2. The third-order valence-corrected chi connectivity index (χ3v) is 7.03. The van der Waals surface area contributed by atoms with Crippen molar-refractivity contribution in [2.75, 3.05) is 5.32 Å². The smallest absolute Gasteiger partial charge is 0.259 e. The molecule has 2 aromatic rings. The van der Waals surface area contributed by atoms with Gasteiger partial charge in [0, 0.05) is 42.3 Å². The van der Waals surface area contributed by atoms with E-state index in [0.717, 1.165) is 11.4 Å². The van der Waals surface area contributed by atoms with Crippen LogP contribution in [0, 0.1) is 12.8 Å². The molecule has 2 saturated heterocycles. The van der Waals surface area contributed by atoms with Gasteiger partial charge in [-0.1, -0.05) is 26.0 Å². The second-order valence-electron chi connectivity index (χ2n) is 8.55. The summed E-state index contributed by atoms with van der Waals surface area (Å²) in [6.45, 7) is 6.54. The van der Waals surface area contributed by atoms with E-state index in [-0.39, 0.29) is 11.4 Å². The topological polar surface area (TPSA) is 59.0 Å². The predicted octanol–water partition coefficient (Wildman–Crippen LogP) is 3.32. The lowest BCUT2D eigenvalue weighted by Crippen LogP contribution is -2.74. The molecule has 4 aliphatic rings. The molecule has 1 aromatic heterocycles. The Balaban J connectivity index is 1.52. The zero-order valence-electron chi connectivity index (χ0n) is 15.8. The lowest BCUT2D eigenvalue weighted by atomic mass is 9.57. The average Bonchev–Trinajstić information content (AvgIpc) is 3.01. The van der Waals surface area contributed by atoms with Crippen molar-refractivity contribution in [3.05, 3.63) is 46.8 Å². The molecule has 26 heavy (non-hydrogen) atoms. The molecule has 1 aromatic carbocycles. The molecule has 3 fully saturated rings. The van der Waals surface area contributed by atoms with E-state index in [1.165, 1.54) is 24.0 Å². The second-order valence-corrected chi connectivity index (χ2v) is 8.55. The van der Waals surface area contributed by atoms with Crippen LogP contribution in [0.2, 0.25) is 0 Å². The molecule has 1 amide bonds. The zero-order valence-corrected chi connectivity index (χ0v) is 15.8. The molecule has 6 rings (SSSR count). The number of hydrogen-bond donors (Lipinski definition) is 2. The van der Waals surface area contributed by atoms with E-state index in [2.05, 4.69) is 47.8 Å². The van der Waals surface area contributed by atoms with Crippen molar-refractivity contribution < 1.29 is 4.79 Å². The molecule has 0 radical (unpaired) electrons. The normalized spacial score (nSPS) is 30.9. The monoisotopic (exact) mass is 350 g/mol. The number of aryl methyl sites for hydroxylation is 2. The van der Waals surface area contributed by atoms with Crippen LogP contribution in [0.25, 0.3) is 0 Å². The molecule has 3 heterocycles. The third-order valence-electron chi connectivity index (χ3n) is 7.03. The fraction of sp³-hybridized carbons (Fsp3) is 0.524. The third kappa shape index (κ3) is 1.89. The number of piperidine rings is 1. The van der Waals surface area contributed by atoms with Gasteiger partial charge >= 0.3 is 0 Å². The SMILES string of the molecule is Cc1nn(C)cc1C(=O)Nc1cccc2c1C1CCC3(C(C)C)NC1C23. The van der Waals surface area contributed by atoms with Gasteiger partial charge in [0.1, 0.15) is 0 Å². The maximum Gasteiger partial charge on any atom is 0.259 e. The number of fused-ring (bicyclic) bond motifs is 2. The standard InChI is InChI=1S/C21H26N4O/c1-11(2)21-9-8-14-17-13(18(21)19(14)23-21)6-5-7-16(17)22-20(26)15-10-25(4)24-12(15)3/h5-7,10-11,14,18-19,23H,8-9H2,1-4H3,(H,22,26). The molecule has 4 atom stereocenters. The Hall–Kier alpha value is -2.14. The van der Waals surface area contributed by atoms with Crippen LogP contribution < -0.4 is 10.6 Å². The van der Waals surface area contributed by atoms with Gasteiger partial charge in [0.15, 0.2) is 0 Å². The Morgan fingerprint density at radius 3 is 2.88 bits per heavy atom. The van der Waals surface area contributed by atoms with E-state index in [0.29, 0.717) is 29.4 Å². The number of hydrogen-bond acceptors (Lipinski definition) is 3. The van der Waals surface area contributed by atoms with E-state index in [1.807, 2.05) is 14.0 Å². The number of rotatable bonds is 3. The molecular weight excluding hydrogens is 324 g/mol. The van der Waals surface area contributed by atoms with E-state index in [4.69, 9.17) is 0 Å². The lowest BCUT2D eigenvalue weighted by molar-refractivity contribution is -0.00281. The Bertz CT molecular complexity index is 911. The van der Waals surface area contributed by atoms with Crippen LogP contribution in [-0.2, 0) is 7.05 Å². The summed E-state index contributed by atoms with van der Waals surface area (Å²) in [5.74, 6) is 1.66. The van der Waals surface area contributed by atoms with Crippen LogP contribution in [0.5, 0.6) is 0 Å². The minimum Gasteiger partial charge on any atom is -0.322 e. The van der Waals surface area contributed by atoms with Crippen molar-refractivity contribution in [3.63, 3.8) is 0 Å². The lowest BCUT2D eigenvalue weighted by Gasteiger charge is -2.62. The average molecular weight is 350 g/mol. The second kappa shape index (κ2) is 5.19. The molecule has 2 N–H and O–H groups in total. The predicted molar refractivity (Wildman–Crippen MR) is 102 cm³/mol. The van der Waals surface area contributed by atoms with Crippen molar-refractivity contribution in [3.8, 4) is 0 Å². The molecular formula is C21H26N4O. The number of amides is 1. The first kappa shape index (κ1) is 16.1. The van der Waals surface area contributed by atoms with Crippen LogP contribution >= 0.6 is 0 Å². The summed E-state index contributed by atoms with van der Waals surface area (Å²) in [6, 6.07) is 6.97. The number of nitrogens with zero attached hydrogens (tertiary/aromatic N) is 2. The van der Waals surface area contributed by atoms with Gasteiger partial charge in [-0.3, -0.25) is 9.48 Å². The van der Waals surface area contributed by atoms with Gasteiger partial charge in [-0.15, -0.1) is 0 Å². The molecule has 0 spiro atoms. The molecule has 4 bridgehead atoms. The summed E-state index contributed by atoms with van der Waals surface area (Å²) in [5.41, 5.74) is 5.45. The number of carbonyl (C=O) groups is 1. The Kier molecular flexibility index (Phi) is 3.21. The Labute approximate surface area is 154 Å². The first-order valence-electron chi connectivity index (χ1n) is 9.64. The summed E-state index contributed by atoms with van der Waals surface area (Å²) in [5, 5.41) is 11.4. The van der Waals surface area contributed by atoms with Gasteiger partial charge in [-0.2, -0.15) is 5.10 Å². The van der Waals surface area contributed by atoms with Gasteiger partial charge in [0.25, 0.3) is 5.91 Å². The number of nitrogens with one attached hydrogen (secondary N) is 2. The van der Waals surface area contributed by atoms with Crippen molar-refractivity contribution in [1.29, 1.82) is 0 Å². The Morgan fingerprint density at radius 1 is 1.42 bits per heavy atom. The van der Waals surface area contributed by atoms with Gasteiger partial charge in [0.2, 0.25) is 0 Å². The van der Waals surface area contributed by atoms with Crippen molar-refractivity contribution in [2.45, 2.75) is 57.0 Å². The first-order chi connectivity index (χ1) is 12.4. The minimum absolute atomic E-state index is 0.0654. The van der Waals surface area contributed by atoms with E-state index >= 15 is 0 Å². The summed E-state index contributed by atoms with van der Waals surface area (Å²) in [6.07, 6.45) is 4.22. The summed E-state index contributed by atoms with van der Waals surface area (Å²) in [4.78, 5) is 12.8. The summed E-state index contributed by atoms with van der Waals surface area (Å²) < 4.78 is 1.69. The van der Waals surface area contributed by atoms with Gasteiger partial charge in [-0.25, -0.2) is 0 Å². The molecule has 5 heteroatoms. The molecule has 1 saturated carbocycles. The number of anilines is 1. The number of benzene rings is 1. The number of carbonyl (C=O) groups excluding carboxylic acids is 1. The maximum atomic E-state index is 12.8. The highest BCUT2D eigenvalue weighted by Crippen LogP contribution is 2.64. The number of aromatic nitrogens is 2. The van der Waals surface area contributed by atoms with Crippen LogP contribution in [0.3, 0.4) is 0 Å². The van der Waals surface area contributed by atoms with Crippen LogP contribution in [0.15, 0.2) is 24.4 Å². The fourth-order valence-electron chi connectivity index (χ4n) is 5.84. The Morgan fingerprint density at radius 2 is 2.23 bits per heavy atom. The quantitative estimate of drug-likeness (QED) is 0.893. The van der Waals surface area contributed by atoms with Crippen molar-refractivity contribution in [2.24, 2.45) is 13.0 Å². The van der Waals surface area contributed by atoms with Crippen LogP contribution in [-0.4, -0.2) is 27.3 Å². The molecule has 4 unspecified atom stereocenters. The van der Waals surface area contributed by atoms with E-state index < -0.39 is 0 Å². The highest BCUT2D eigenvalue weighted by Gasteiger charge is 2.65. The van der Waals surface area contributed by atoms with Gasteiger partial charge < -0.3 is 10.6 Å². The largest absolute Gasteiger partial charge is 0.322 e. The summed E-state index contributed by atoms with van der Waals surface area (Å²) >= 11 is 0.